The molecule has 0 aliphatic carbocycles. The first-order valence-corrected chi connectivity index (χ1v) is 9.03. The number of hydrogen-bond acceptors (Lipinski definition) is 10. The van der Waals surface area contributed by atoms with Crippen LogP contribution >= 0.6 is 0 Å². The van der Waals surface area contributed by atoms with Crippen LogP contribution in [0.3, 0.4) is 0 Å². The monoisotopic (exact) mass is 428 g/mol. The van der Waals surface area contributed by atoms with Crippen molar-refractivity contribution >= 4 is 18.0 Å². The zero-order valence-corrected chi connectivity index (χ0v) is 15.6. The van der Waals surface area contributed by atoms with E-state index in [9.17, 15) is 29.7 Å². The molecule has 0 unspecified atom stereocenters. The number of esters is 1. The van der Waals surface area contributed by atoms with Gasteiger partial charge in [-0.1, -0.05) is 30.3 Å². The van der Waals surface area contributed by atoms with Crippen molar-refractivity contribution in [3.63, 3.8) is 0 Å². The third kappa shape index (κ3) is 4.54. The van der Waals surface area contributed by atoms with Crippen LogP contribution in [-0.2, 0) is 35.1 Å². The predicted octanol–water partition coefficient (Wildman–Crippen LogP) is -1.03. The van der Waals surface area contributed by atoms with E-state index in [-0.39, 0.29) is 6.61 Å². The van der Waals surface area contributed by atoms with Gasteiger partial charge in [-0.05, 0) is 5.56 Å². The van der Waals surface area contributed by atoms with Gasteiger partial charge in [-0.25, -0.2) is 9.59 Å². The van der Waals surface area contributed by atoms with E-state index >= 15 is 0 Å². The number of carbonyl (C=O) groups is 3. The van der Waals surface area contributed by atoms with Crippen LogP contribution in [0.5, 0.6) is 0 Å². The van der Waals surface area contributed by atoms with E-state index in [4.69, 9.17) is 23.1 Å². The second-order valence-electron chi connectivity index (χ2n) is 6.85. The van der Waals surface area contributed by atoms with Crippen LogP contribution in [0.2, 0.25) is 0 Å². The fourth-order valence-electron chi connectivity index (χ4n) is 3.36. The Hall–Kier alpha value is -2.73. The van der Waals surface area contributed by atoms with Crippen molar-refractivity contribution in [3.05, 3.63) is 35.9 Å². The van der Waals surface area contributed by atoms with Gasteiger partial charge in [-0.3, -0.25) is 4.79 Å². The van der Waals surface area contributed by atoms with Crippen LogP contribution in [0.25, 0.3) is 0 Å². The van der Waals surface area contributed by atoms with E-state index < -0.39 is 74.2 Å². The minimum Gasteiger partial charge on any atom is -0.452 e. The number of aliphatic hydroxyl groups excluding tert-OH is 3. The summed E-state index contributed by atoms with van der Waals surface area (Å²) in [6.07, 6.45) is -8.60. The Balaban J connectivity index is 1.80. The number of hydrogen-bond donors (Lipinski definition) is 4. The van der Waals surface area contributed by atoms with Gasteiger partial charge in [0, 0.05) is 11.0 Å². The summed E-state index contributed by atoms with van der Waals surface area (Å²) in [5.74, 6) is -5.20. The highest BCUT2D eigenvalue weighted by Crippen LogP contribution is 2.39. The van der Waals surface area contributed by atoms with Crippen LogP contribution < -0.4 is 5.32 Å². The number of fused-ring (bicyclic) bond motifs is 2. The van der Waals surface area contributed by atoms with Gasteiger partial charge in [-0.15, -0.1) is 0 Å². The van der Waals surface area contributed by atoms with E-state index in [0.717, 1.165) is 0 Å². The van der Waals surface area contributed by atoms with Crippen molar-refractivity contribution < 1.29 is 52.8 Å². The van der Waals surface area contributed by atoms with Crippen molar-refractivity contribution in [1.82, 2.24) is 5.32 Å². The second-order valence-corrected chi connectivity index (χ2v) is 6.85. The smallest absolute Gasteiger partial charge is 0.452 e. The summed E-state index contributed by atoms with van der Waals surface area (Å²) in [4.78, 5) is 36.8. The Bertz CT molecular complexity index is 882. The maximum absolute atomic E-state index is 12.6. The molecule has 11 nitrogen and oxygen atoms in total. The first-order valence-electron chi connectivity index (χ1n) is 10.5. The number of amides is 1. The number of aliphatic hydroxyl groups is 3. The fraction of sp³-hybridized carbons (Fsp3) is 0.526. The number of nitrogens with one attached hydrogen (secondary N) is 1. The number of benzene rings is 1. The molecule has 2 bridgehead atoms. The quantitative estimate of drug-likeness (QED) is 0.412. The van der Waals surface area contributed by atoms with E-state index in [2.05, 4.69) is 5.32 Å². The highest BCUT2D eigenvalue weighted by Gasteiger charge is 2.63. The normalized spacial score (nSPS) is 33.2. The molecule has 164 valence electrons. The van der Waals surface area contributed by atoms with Crippen LogP contribution in [0.1, 0.15) is 22.9 Å². The van der Waals surface area contributed by atoms with Crippen LogP contribution in [0.15, 0.2) is 30.3 Å². The van der Waals surface area contributed by atoms with E-state index in [1.54, 1.807) is 30.3 Å². The number of ether oxygens (including phenoxy) is 4. The zero-order valence-electron chi connectivity index (χ0n) is 18.6. The Kier molecular flexibility index (Phi) is 5.40. The molecule has 2 aliphatic rings. The lowest BCUT2D eigenvalue weighted by molar-refractivity contribution is -0.331. The molecule has 0 radical (unpaired) electrons. The average molecular weight is 428 g/mol. The third-order valence-corrected chi connectivity index (χ3v) is 4.76. The highest BCUT2D eigenvalue weighted by molar-refractivity contribution is 5.82. The van der Waals surface area contributed by atoms with Crippen LogP contribution in [-0.4, -0.2) is 76.2 Å². The fourth-order valence-corrected chi connectivity index (χ4v) is 3.36. The summed E-state index contributed by atoms with van der Waals surface area (Å²) in [6, 6.07) is 7.07. The summed E-state index contributed by atoms with van der Waals surface area (Å²) < 4.78 is 42.2. The van der Waals surface area contributed by atoms with Gasteiger partial charge in [0.15, 0.2) is 6.10 Å². The molecule has 4 N–H and O–H groups in total. The molecule has 1 amide bonds. The number of carbonyl (C=O) groups excluding carboxylic acids is 3. The van der Waals surface area contributed by atoms with Crippen molar-refractivity contribution in [3.8, 4) is 0 Å². The lowest BCUT2D eigenvalue weighted by Crippen LogP contribution is -2.72. The number of rotatable bonds is 6. The molecule has 2 aliphatic heterocycles. The van der Waals surface area contributed by atoms with Gasteiger partial charge < -0.3 is 39.6 Å². The Morgan fingerprint density at radius 1 is 1.40 bits per heavy atom. The maximum Gasteiger partial charge on any atom is 0.511 e. The van der Waals surface area contributed by atoms with Crippen molar-refractivity contribution in [1.29, 1.82) is 0 Å². The van der Waals surface area contributed by atoms with E-state index in [0.29, 0.717) is 5.56 Å². The third-order valence-electron chi connectivity index (χ3n) is 4.76. The summed E-state index contributed by atoms with van der Waals surface area (Å²) in [7, 11) is 0. The highest BCUT2D eigenvalue weighted by atomic mass is 16.8. The standard InChI is InChI=1S/C19H23NO10/c1-10(22)20-14-12(23)7-19(17(25)28-15(13(24)8-21)16(14)29-19)30-18(26)27-9-11-5-3-2-4-6-11/h2-6,12-16,21,23-24H,7-9H2,1H3,(H,20,22)/t12-,13+,14+,15+,16+,19+/m0/s1/i1D3. The lowest BCUT2D eigenvalue weighted by atomic mass is 9.86. The summed E-state index contributed by atoms with van der Waals surface area (Å²) in [6.45, 7) is -4.15. The van der Waals surface area contributed by atoms with Crippen LogP contribution in [0.4, 0.5) is 4.79 Å². The van der Waals surface area contributed by atoms with Gasteiger partial charge in [0.05, 0.1) is 25.2 Å². The predicted molar refractivity (Wildman–Crippen MR) is 96.5 cm³/mol. The van der Waals surface area contributed by atoms with E-state index in [1.165, 1.54) is 0 Å². The topological polar surface area (TPSA) is 161 Å². The minimum absolute atomic E-state index is 0.195. The molecular formula is C19H23NO10. The van der Waals surface area contributed by atoms with Crippen molar-refractivity contribution in [2.24, 2.45) is 0 Å². The molecule has 30 heavy (non-hydrogen) atoms. The molecule has 3 rings (SSSR count). The average Bonchev–Trinajstić information content (AvgIpc) is 2.76. The number of cyclic esters (lactones) is 1. The summed E-state index contributed by atoms with van der Waals surface area (Å²) in [5, 5.41) is 32.0. The molecule has 11 heteroatoms. The van der Waals surface area contributed by atoms with Crippen molar-refractivity contribution in [2.45, 2.75) is 56.1 Å². The second kappa shape index (κ2) is 8.96. The molecule has 6 atom stereocenters. The summed E-state index contributed by atoms with van der Waals surface area (Å²) >= 11 is 0. The Labute approximate surface area is 175 Å². The molecule has 1 aromatic rings. The molecule has 2 fully saturated rings. The molecule has 0 spiro atoms. The summed E-state index contributed by atoms with van der Waals surface area (Å²) in [5.41, 5.74) is 0.624. The van der Waals surface area contributed by atoms with Crippen molar-refractivity contribution in [2.75, 3.05) is 6.61 Å². The molecule has 0 saturated carbocycles. The largest absolute Gasteiger partial charge is 0.511 e. The first-order chi connectivity index (χ1) is 15.5. The zero-order chi connectivity index (χ0) is 24.4. The van der Waals surface area contributed by atoms with Gasteiger partial charge in [0.2, 0.25) is 5.91 Å². The van der Waals surface area contributed by atoms with E-state index in [1.807, 2.05) is 0 Å². The van der Waals surface area contributed by atoms with Crippen LogP contribution in [0, 0.1) is 0 Å². The minimum atomic E-state index is -3.07. The first kappa shape index (κ1) is 18.1. The molecule has 0 aromatic heterocycles. The molecule has 1 aromatic carbocycles. The maximum atomic E-state index is 12.6. The van der Waals surface area contributed by atoms with Gasteiger partial charge in [0.1, 0.15) is 18.8 Å². The Morgan fingerprint density at radius 2 is 2.13 bits per heavy atom. The molecule has 2 saturated heterocycles. The SMILES string of the molecule is [2H]C([2H])([2H])C(=O)N[C@H]1[C@H]2O[C@@](OC(=O)OCc3ccccc3)(C[C@@H]1O)C(=O)O[C@@H]2[C@H](O)CO. The van der Waals surface area contributed by atoms with Gasteiger partial charge >= 0.3 is 17.9 Å². The van der Waals surface area contributed by atoms with Gasteiger partial charge in [-0.2, -0.15) is 0 Å². The molecular weight excluding hydrogens is 402 g/mol. The lowest BCUT2D eigenvalue weighted by Gasteiger charge is -2.50. The molecule has 2 heterocycles. The Morgan fingerprint density at radius 3 is 2.80 bits per heavy atom. The van der Waals surface area contributed by atoms with Gasteiger partial charge in [0.25, 0.3) is 0 Å².